The molecular formula is C45H49N3O11S2. The van der Waals surface area contributed by atoms with E-state index >= 15 is 0 Å². The Bertz CT molecular complexity index is 2410. The molecule has 8 N–H and O–H groups in total. The van der Waals surface area contributed by atoms with E-state index in [9.17, 15) is 34.8 Å². The number of carboxylic acid groups (broad SMARTS) is 1. The van der Waals surface area contributed by atoms with Crippen molar-refractivity contribution in [2.24, 2.45) is 17.6 Å². The Morgan fingerprint density at radius 1 is 1.10 bits per heavy atom. The number of nitrogens with two attached hydrogens (primary N) is 1. The SMILES string of the molecule is CCc1ccccc1C=CCC(C)C1CNCC2(O)C(Oc3ccc4c(=O)c(-c5ccc(O)cc5)c(C(N)=O)oc4c3)OC(C(=O)O)C(O)C2OCSSCC1c1cc[nH]c1. The highest BCUT2D eigenvalue weighted by molar-refractivity contribution is 8.76. The van der Waals surface area contributed by atoms with Crippen LogP contribution < -0.4 is 21.2 Å². The Morgan fingerprint density at radius 2 is 1.89 bits per heavy atom. The smallest absolute Gasteiger partial charge is 0.335 e. The molecule has 0 spiro atoms. The number of aliphatic carboxylic acids is 1. The lowest BCUT2D eigenvalue weighted by atomic mass is 9.78. The number of phenols is 1. The Kier molecular flexibility index (Phi) is 13.9. The first-order chi connectivity index (χ1) is 29.4. The number of aromatic hydroxyl groups is 1. The van der Waals surface area contributed by atoms with Crippen LogP contribution in [0.5, 0.6) is 11.5 Å². The molecule has 14 nitrogen and oxygen atoms in total. The van der Waals surface area contributed by atoms with Gasteiger partial charge in [0.25, 0.3) is 5.91 Å². The molecule has 8 unspecified atom stereocenters. The summed E-state index contributed by atoms with van der Waals surface area (Å²) < 4.78 is 24.1. The molecule has 3 aromatic carbocycles. The topological polar surface area (TPSA) is 227 Å². The number of aryl methyl sites for hydroxylation is 1. The van der Waals surface area contributed by atoms with Crippen molar-refractivity contribution >= 4 is 50.5 Å². The molecule has 2 aliphatic heterocycles. The first-order valence-electron chi connectivity index (χ1n) is 20.0. The number of aliphatic hydroxyl groups excluding tert-OH is 1. The van der Waals surface area contributed by atoms with E-state index in [1.807, 2.05) is 24.5 Å². The number of allylic oxidation sites excluding steroid dienone is 1. The second kappa shape index (κ2) is 19.3. The average molecular weight is 872 g/mol. The third-order valence-corrected chi connectivity index (χ3v) is 13.6. The van der Waals surface area contributed by atoms with Crippen molar-refractivity contribution in [3.63, 3.8) is 0 Å². The van der Waals surface area contributed by atoms with Crippen molar-refractivity contribution in [1.82, 2.24) is 10.3 Å². The normalized spacial score (nSPS) is 25.6. The van der Waals surface area contributed by atoms with Gasteiger partial charge in [0, 0.05) is 30.8 Å². The Hall–Kier alpha value is -5.07. The number of aromatic nitrogens is 1. The number of ether oxygens (including phenoxy) is 3. The number of β-amino-alcohol motifs (C(OH)–C–C–N with tert-alkyl or cyclic N) is 1. The molecule has 8 atom stereocenters. The largest absolute Gasteiger partial charge is 0.508 e. The lowest BCUT2D eigenvalue weighted by Gasteiger charge is -2.48. The van der Waals surface area contributed by atoms with Gasteiger partial charge >= 0.3 is 5.97 Å². The maximum Gasteiger partial charge on any atom is 0.335 e. The minimum atomic E-state index is -2.17. The summed E-state index contributed by atoms with van der Waals surface area (Å²) >= 11 is 0. The van der Waals surface area contributed by atoms with E-state index in [4.69, 9.17) is 24.4 Å². The third-order valence-electron chi connectivity index (χ3n) is 11.5. The third kappa shape index (κ3) is 9.55. The van der Waals surface area contributed by atoms with Gasteiger partial charge in [-0.3, -0.25) is 9.59 Å². The maximum atomic E-state index is 13.8. The number of hydrogen-bond acceptors (Lipinski definition) is 13. The van der Waals surface area contributed by atoms with Crippen molar-refractivity contribution in [1.29, 1.82) is 0 Å². The second-order valence-corrected chi connectivity index (χ2v) is 17.8. The summed E-state index contributed by atoms with van der Waals surface area (Å²) in [4.78, 5) is 42.0. The molecule has 16 heteroatoms. The van der Waals surface area contributed by atoms with Crippen LogP contribution in [0.3, 0.4) is 0 Å². The Labute approximate surface area is 359 Å². The van der Waals surface area contributed by atoms with Gasteiger partial charge in [-0.05, 0) is 89.7 Å². The summed E-state index contributed by atoms with van der Waals surface area (Å²) in [6, 6.07) is 20.1. The lowest BCUT2D eigenvalue weighted by Crippen LogP contribution is -2.72. The number of phenolic OH excluding ortho intramolecular Hbond substituents is 1. The summed E-state index contributed by atoms with van der Waals surface area (Å²) in [5.41, 5.74) is 6.60. The van der Waals surface area contributed by atoms with Crippen LogP contribution in [-0.2, 0) is 20.7 Å². The zero-order chi connectivity index (χ0) is 43.3. The number of fused-ring (bicyclic) bond motifs is 2. The van der Waals surface area contributed by atoms with Crippen molar-refractivity contribution in [3.05, 3.63) is 124 Å². The number of H-pyrrole nitrogens is 1. The number of benzene rings is 3. The van der Waals surface area contributed by atoms with Crippen molar-refractivity contribution in [2.75, 3.05) is 24.8 Å². The number of rotatable bonds is 11. The van der Waals surface area contributed by atoms with Gasteiger partial charge < -0.3 is 55.1 Å². The van der Waals surface area contributed by atoms with E-state index in [-0.39, 0.29) is 58.3 Å². The summed E-state index contributed by atoms with van der Waals surface area (Å²) in [5.74, 6) is -1.98. The highest BCUT2D eigenvalue weighted by Crippen LogP contribution is 2.41. The van der Waals surface area contributed by atoms with Crippen LogP contribution in [0.4, 0.5) is 0 Å². The molecule has 2 aliphatic rings. The number of nitrogens with one attached hydrogen (secondary N) is 2. The van der Waals surface area contributed by atoms with E-state index in [1.165, 1.54) is 64.4 Å². The van der Waals surface area contributed by atoms with Gasteiger partial charge in [-0.25, -0.2) is 4.79 Å². The highest BCUT2D eigenvalue weighted by Gasteiger charge is 2.59. The number of aliphatic hydroxyl groups is 2. The Morgan fingerprint density at radius 3 is 2.61 bits per heavy atom. The molecule has 322 valence electrons. The molecule has 1 amide bonds. The number of primary amides is 1. The number of carbonyl (C=O) groups excluding carboxylic acids is 1. The average Bonchev–Trinajstić information content (AvgIpc) is 3.78. The van der Waals surface area contributed by atoms with Crippen molar-refractivity contribution < 1.29 is 48.6 Å². The molecule has 7 rings (SSSR count). The van der Waals surface area contributed by atoms with Crippen LogP contribution in [0.2, 0.25) is 0 Å². The van der Waals surface area contributed by atoms with Crippen LogP contribution >= 0.6 is 21.6 Å². The molecule has 2 fully saturated rings. The van der Waals surface area contributed by atoms with E-state index in [2.05, 4.69) is 54.5 Å². The summed E-state index contributed by atoms with van der Waals surface area (Å²) in [6.07, 6.45) is 3.12. The van der Waals surface area contributed by atoms with Crippen LogP contribution in [-0.4, -0.2) is 92.3 Å². The van der Waals surface area contributed by atoms with Crippen LogP contribution in [0.15, 0.2) is 100 Å². The minimum absolute atomic E-state index is 0.00615. The lowest BCUT2D eigenvalue weighted by molar-refractivity contribution is -0.316. The minimum Gasteiger partial charge on any atom is -0.508 e. The van der Waals surface area contributed by atoms with Gasteiger partial charge in [-0.2, -0.15) is 0 Å². The highest BCUT2D eigenvalue weighted by atomic mass is 33.1. The predicted molar refractivity (Wildman–Crippen MR) is 234 cm³/mol. The zero-order valence-corrected chi connectivity index (χ0v) is 35.2. The monoisotopic (exact) mass is 871 g/mol. The number of hydrogen-bond donors (Lipinski definition) is 7. The van der Waals surface area contributed by atoms with Crippen molar-refractivity contribution in [2.45, 2.75) is 62.8 Å². The van der Waals surface area contributed by atoms with Crippen molar-refractivity contribution in [3.8, 4) is 22.6 Å². The van der Waals surface area contributed by atoms with Gasteiger partial charge in [-0.1, -0.05) is 84.0 Å². The fourth-order valence-electron chi connectivity index (χ4n) is 8.19. The van der Waals surface area contributed by atoms with Crippen LogP contribution in [0.25, 0.3) is 28.2 Å². The molecule has 0 saturated carbocycles. The molecule has 4 heterocycles. The molecule has 2 saturated heterocycles. The number of aromatic amines is 1. The molecule has 5 aromatic rings. The summed E-state index contributed by atoms with van der Waals surface area (Å²) in [5, 5.41) is 47.4. The number of amides is 1. The van der Waals surface area contributed by atoms with Crippen LogP contribution in [0, 0.1) is 11.8 Å². The standard InChI is InChI=1S/C45H49N3O11S2/c1-3-26-8-4-5-9-27(26)10-6-7-25(2)33-21-48-23-45(55)41(56-24-61-60-22-34(33)29-17-18-47-20-29)38(51)40(43(53)54)59-44(45)57-31-15-16-32-35(19-31)58-39(42(46)52)36(37(32)50)28-11-13-30(49)14-12-28/h4-6,8-20,25,33-34,38,40-41,44,47-49,51,55H,3,7,21-24H2,1-2H3,(H2,46,52)(H,53,54). The molecule has 2 aromatic heterocycles. The summed E-state index contributed by atoms with van der Waals surface area (Å²) in [7, 11) is 2.97. The maximum absolute atomic E-state index is 13.8. The first kappa shape index (κ1) is 44.0. The second-order valence-electron chi connectivity index (χ2n) is 15.4. The zero-order valence-electron chi connectivity index (χ0n) is 33.6. The van der Waals surface area contributed by atoms with Gasteiger partial charge in [0.05, 0.1) is 10.9 Å². The quantitative estimate of drug-likeness (QED) is 0.0768. The first-order valence-corrected chi connectivity index (χ1v) is 22.5. The predicted octanol–water partition coefficient (Wildman–Crippen LogP) is 5.90. The van der Waals surface area contributed by atoms with E-state index in [1.54, 1.807) is 10.8 Å². The fraction of sp³-hybridized carbons (Fsp3) is 0.356. The summed E-state index contributed by atoms with van der Waals surface area (Å²) in [6.45, 7) is 4.52. The van der Waals surface area contributed by atoms with Gasteiger partial charge in [0.2, 0.25) is 17.5 Å². The van der Waals surface area contributed by atoms with E-state index in [0.29, 0.717) is 12.1 Å². The van der Waals surface area contributed by atoms with Gasteiger partial charge in [0.1, 0.15) is 35.2 Å². The molecule has 0 bridgehead atoms. The molecule has 0 aliphatic carbocycles. The number of carbonyl (C=O) groups is 2. The van der Waals surface area contributed by atoms with E-state index < -0.39 is 53.3 Å². The molecule has 61 heavy (non-hydrogen) atoms. The van der Waals surface area contributed by atoms with Crippen LogP contribution in [0.1, 0.15) is 53.4 Å². The number of carboxylic acids is 1. The molecular weight excluding hydrogens is 823 g/mol. The van der Waals surface area contributed by atoms with E-state index in [0.717, 1.165) is 24.2 Å². The van der Waals surface area contributed by atoms with Gasteiger partial charge in [0.15, 0.2) is 11.7 Å². The molecule has 0 radical (unpaired) electrons. The Balaban J connectivity index is 1.20. The fourth-order valence-corrected chi connectivity index (χ4v) is 10.2. The van der Waals surface area contributed by atoms with Gasteiger partial charge in [-0.15, -0.1) is 0 Å².